The van der Waals surface area contributed by atoms with E-state index < -0.39 is 0 Å². The van der Waals surface area contributed by atoms with Crippen molar-refractivity contribution in [3.8, 4) is 56.5 Å². The summed E-state index contributed by atoms with van der Waals surface area (Å²) in [7, 11) is 0. The number of hydrogen-bond donors (Lipinski definition) is 0. The maximum absolute atomic E-state index is 6.19. The van der Waals surface area contributed by atoms with Crippen LogP contribution in [0.3, 0.4) is 0 Å². The summed E-state index contributed by atoms with van der Waals surface area (Å²) in [5.74, 6) is 3.14. The molecule has 0 radical (unpaired) electrons. The minimum atomic E-state index is 0.768. The summed E-state index contributed by atoms with van der Waals surface area (Å²) in [6.07, 6.45) is 25.6. The van der Waals surface area contributed by atoms with Crippen LogP contribution in [0.25, 0.3) is 45.0 Å². The molecule has 0 bridgehead atoms. The molecule has 6 aromatic rings. The first-order chi connectivity index (χ1) is 26.2. The van der Waals surface area contributed by atoms with Gasteiger partial charge in [0, 0.05) is 35.9 Å². The smallest absolute Gasteiger partial charge is 0.159 e. The first kappa shape index (κ1) is 37.6. The van der Waals surface area contributed by atoms with Crippen LogP contribution in [-0.2, 0) is 12.8 Å². The van der Waals surface area contributed by atoms with Crippen LogP contribution in [0.1, 0.15) is 102 Å². The zero-order valence-electron chi connectivity index (χ0n) is 31.6. The average molecular weight is 703 g/mol. The highest BCUT2D eigenvalue weighted by Crippen LogP contribution is 2.30. The molecule has 2 heterocycles. The molecular formula is C48H54N4O. The number of nitrogens with zero attached hydrogens (tertiary/aromatic N) is 4. The molecule has 0 aliphatic carbocycles. The summed E-state index contributed by atoms with van der Waals surface area (Å²) < 4.78 is 6.19. The van der Waals surface area contributed by atoms with Crippen LogP contribution in [0.2, 0.25) is 0 Å². The Morgan fingerprint density at radius 1 is 0.340 bits per heavy atom. The fourth-order valence-corrected chi connectivity index (χ4v) is 6.68. The van der Waals surface area contributed by atoms with Crippen LogP contribution in [-0.4, -0.2) is 19.9 Å². The molecule has 0 amide bonds. The van der Waals surface area contributed by atoms with Gasteiger partial charge in [-0.25, -0.2) is 19.9 Å². The van der Waals surface area contributed by atoms with E-state index >= 15 is 0 Å². The summed E-state index contributed by atoms with van der Waals surface area (Å²) in [5.41, 5.74) is 9.03. The van der Waals surface area contributed by atoms with Crippen molar-refractivity contribution in [3.05, 3.63) is 133 Å². The van der Waals surface area contributed by atoms with Gasteiger partial charge in [0.05, 0.1) is 0 Å². The Morgan fingerprint density at radius 3 is 0.962 bits per heavy atom. The Hall–Kier alpha value is -5.16. The van der Waals surface area contributed by atoms with Gasteiger partial charge in [0.1, 0.15) is 11.5 Å². The number of aromatic nitrogens is 4. The van der Waals surface area contributed by atoms with Gasteiger partial charge < -0.3 is 4.74 Å². The van der Waals surface area contributed by atoms with Gasteiger partial charge in [0.15, 0.2) is 11.6 Å². The minimum absolute atomic E-state index is 0.768. The highest BCUT2D eigenvalue weighted by Gasteiger charge is 2.07. The molecule has 0 saturated heterocycles. The van der Waals surface area contributed by atoms with E-state index in [1.165, 1.54) is 88.2 Å². The van der Waals surface area contributed by atoms with E-state index in [0.717, 1.165) is 69.4 Å². The molecule has 0 fully saturated rings. The van der Waals surface area contributed by atoms with Crippen molar-refractivity contribution in [3.63, 3.8) is 0 Å². The quantitative estimate of drug-likeness (QED) is 0.0741. The van der Waals surface area contributed by atoms with Crippen molar-refractivity contribution in [2.45, 2.75) is 104 Å². The lowest BCUT2D eigenvalue weighted by molar-refractivity contribution is 0.483. The van der Waals surface area contributed by atoms with Crippen LogP contribution in [0.5, 0.6) is 11.5 Å². The Bertz CT molecular complexity index is 1770. The van der Waals surface area contributed by atoms with Crippen molar-refractivity contribution < 1.29 is 4.74 Å². The second-order valence-corrected chi connectivity index (χ2v) is 14.2. The Kier molecular flexibility index (Phi) is 14.3. The summed E-state index contributed by atoms with van der Waals surface area (Å²) in [6.45, 7) is 4.52. The van der Waals surface area contributed by atoms with E-state index in [1.54, 1.807) is 0 Å². The first-order valence-electron chi connectivity index (χ1n) is 19.9. The standard InChI is InChI=1S/C48H54N4O/c1-3-5-7-9-11-13-15-37-33-49-47(50-34-37)43-21-17-39(18-22-43)41-25-29-45(30-26-41)53-46-31-27-42(28-32-46)40-19-23-44(24-20-40)48-51-35-38(36-52-48)16-14-12-10-8-6-4-2/h17-36H,3-16H2,1-2H3. The number of hydrogen-bond acceptors (Lipinski definition) is 5. The molecule has 0 spiro atoms. The van der Waals surface area contributed by atoms with E-state index in [4.69, 9.17) is 4.74 Å². The molecule has 0 saturated carbocycles. The molecule has 2 aromatic heterocycles. The van der Waals surface area contributed by atoms with E-state index in [2.05, 4.69) is 107 Å². The number of unbranched alkanes of at least 4 members (excludes halogenated alkanes) is 10. The molecule has 272 valence electrons. The average Bonchev–Trinajstić information content (AvgIpc) is 3.22. The predicted octanol–water partition coefficient (Wildman–Crippen LogP) is 13.5. The highest BCUT2D eigenvalue weighted by atomic mass is 16.5. The highest BCUT2D eigenvalue weighted by molar-refractivity contribution is 5.69. The number of aryl methyl sites for hydroxylation is 2. The third-order valence-electron chi connectivity index (χ3n) is 9.95. The second-order valence-electron chi connectivity index (χ2n) is 14.2. The molecule has 5 heteroatoms. The van der Waals surface area contributed by atoms with Crippen molar-refractivity contribution >= 4 is 0 Å². The van der Waals surface area contributed by atoms with Crippen LogP contribution in [0.15, 0.2) is 122 Å². The molecule has 0 aliphatic heterocycles. The lowest BCUT2D eigenvalue weighted by Gasteiger charge is -2.09. The monoisotopic (exact) mass is 702 g/mol. The zero-order chi connectivity index (χ0) is 36.5. The third kappa shape index (κ3) is 11.4. The van der Waals surface area contributed by atoms with Gasteiger partial charge in [-0.2, -0.15) is 0 Å². The fraction of sp³-hybridized carbons (Fsp3) is 0.333. The van der Waals surface area contributed by atoms with Gasteiger partial charge >= 0.3 is 0 Å². The van der Waals surface area contributed by atoms with Crippen molar-refractivity contribution in [1.29, 1.82) is 0 Å². The van der Waals surface area contributed by atoms with Crippen LogP contribution in [0.4, 0.5) is 0 Å². The van der Waals surface area contributed by atoms with Crippen LogP contribution < -0.4 is 4.74 Å². The van der Waals surface area contributed by atoms with Crippen LogP contribution in [0, 0.1) is 0 Å². The largest absolute Gasteiger partial charge is 0.457 e. The lowest BCUT2D eigenvalue weighted by atomic mass is 10.0. The van der Waals surface area contributed by atoms with Gasteiger partial charge in [-0.05, 0) is 83.3 Å². The molecule has 6 rings (SSSR count). The Morgan fingerprint density at radius 2 is 0.623 bits per heavy atom. The van der Waals surface area contributed by atoms with E-state index in [1.807, 2.05) is 49.1 Å². The fourth-order valence-electron chi connectivity index (χ4n) is 6.68. The van der Waals surface area contributed by atoms with Gasteiger partial charge in [-0.1, -0.05) is 151 Å². The molecule has 5 nitrogen and oxygen atoms in total. The van der Waals surface area contributed by atoms with Gasteiger partial charge in [-0.3, -0.25) is 0 Å². The van der Waals surface area contributed by atoms with E-state index in [-0.39, 0.29) is 0 Å². The summed E-state index contributed by atoms with van der Waals surface area (Å²) in [4.78, 5) is 18.6. The number of ether oxygens (including phenoxy) is 1. The van der Waals surface area contributed by atoms with Crippen molar-refractivity contribution in [2.75, 3.05) is 0 Å². The third-order valence-corrected chi connectivity index (χ3v) is 9.95. The number of rotatable bonds is 20. The summed E-state index contributed by atoms with van der Waals surface area (Å²) in [6, 6.07) is 33.4. The molecule has 0 unspecified atom stereocenters. The maximum atomic E-state index is 6.19. The predicted molar refractivity (Wildman–Crippen MR) is 220 cm³/mol. The first-order valence-corrected chi connectivity index (χ1v) is 19.9. The molecule has 0 atom stereocenters. The molecule has 0 aliphatic rings. The van der Waals surface area contributed by atoms with Gasteiger partial charge in [0.2, 0.25) is 0 Å². The molecule has 53 heavy (non-hydrogen) atoms. The minimum Gasteiger partial charge on any atom is -0.457 e. The van der Waals surface area contributed by atoms with Crippen molar-refractivity contribution in [2.24, 2.45) is 0 Å². The maximum Gasteiger partial charge on any atom is 0.159 e. The lowest BCUT2D eigenvalue weighted by Crippen LogP contribution is -1.93. The summed E-state index contributed by atoms with van der Waals surface area (Å²) >= 11 is 0. The Balaban J connectivity index is 0.969. The zero-order valence-corrected chi connectivity index (χ0v) is 31.6. The van der Waals surface area contributed by atoms with Crippen molar-refractivity contribution in [1.82, 2.24) is 19.9 Å². The van der Waals surface area contributed by atoms with Crippen LogP contribution >= 0.6 is 0 Å². The second kappa shape index (κ2) is 20.2. The topological polar surface area (TPSA) is 60.8 Å². The SMILES string of the molecule is CCCCCCCCc1cnc(-c2ccc(-c3ccc(Oc4ccc(-c5ccc(-c6ncc(CCCCCCCC)cn6)cc5)cc4)cc3)cc2)nc1. The molecular weight excluding hydrogens is 649 g/mol. The van der Waals surface area contributed by atoms with Gasteiger partial charge in [0.25, 0.3) is 0 Å². The molecule has 0 N–H and O–H groups in total. The normalized spacial score (nSPS) is 11.1. The van der Waals surface area contributed by atoms with Gasteiger partial charge in [-0.15, -0.1) is 0 Å². The number of benzene rings is 4. The Labute approximate surface area is 317 Å². The van der Waals surface area contributed by atoms with E-state index in [0.29, 0.717) is 0 Å². The molecule has 4 aromatic carbocycles. The summed E-state index contributed by atoms with van der Waals surface area (Å²) in [5, 5.41) is 0. The van der Waals surface area contributed by atoms with E-state index in [9.17, 15) is 0 Å².